The van der Waals surface area contributed by atoms with Gasteiger partial charge in [0.1, 0.15) is 0 Å². The summed E-state index contributed by atoms with van der Waals surface area (Å²) in [5.74, 6) is 0.438. The van der Waals surface area contributed by atoms with Crippen molar-refractivity contribution >= 4 is 5.97 Å². The maximum Gasteiger partial charge on any atom is 0.320 e. The van der Waals surface area contributed by atoms with Crippen LogP contribution in [0.1, 0.15) is 24.0 Å². The van der Waals surface area contributed by atoms with Crippen molar-refractivity contribution in [2.75, 3.05) is 26.7 Å². The Hall–Kier alpha value is -1.35. The minimum absolute atomic E-state index is 0.136. The molecule has 0 amide bonds. The summed E-state index contributed by atoms with van der Waals surface area (Å²) in [4.78, 5) is 13.4. The number of likely N-dealkylation sites (N-methyl/N-ethyl adjacent to an activating group) is 1. The molecule has 0 bridgehead atoms. The van der Waals surface area contributed by atoms with E-state index in [-0.39, 0.29) is 5.97 Å². The molecule has 1 aromatic rings. The molecule has 0 N–H and O–H groups in total. The van der Waals surface area contributed by atoms with E-state index < -0.39 is 0 Å². The summed E-state index contributed by atoms with van der Waals surface area (Å²) in [6, 6.07) is 8.52. The molecule has 92 valence electrons. The van der Waals surface area contributed by atoms with E-state index in [2.05, 4.69) is 24.3 Å². The van der Waals surface area contributed by atoms with Gasteiger partial charge in [0.15, 0.2) is 0 Å². The van der Waals surface area contributed by atoms with Crippen molar-refractivity contribution < 1.29 is 9.53 Å². The zero-order chi connectivity index (χ0) is 12.3. The van der Waals surface area contributed by atoms with Crippen LogP contribution in [0.25, 0.3) is 0 Å². The molecule has 1 unspecified atom stereocenters. The normalized spacial score (nSPS) is 17.5. The highest BCUT2D eigenvalue weighted by Crippen LogP contribution is 2.34. The maximum absolute atomic E-state index is 11.3. The summed E-state index contributed by atoms with van der Waals surface area (Å²) in [5.41, 5.74) is 2.88. The van der Waals surface area contributed by atoms with E-state index in [4.69, 9.17) is 4.74 Å². The molecule has 17 heavy (non-hydrogen) atoms. The smallest absolute Gasteiger partial charge is 0.320 e. The lowest BCUT2D eigenvalue weighted by molar-refractivity contribution is -0.144. The van der Waals surface area contributed by atoms with Gasteiger partial charge in [-0.15, -0.1) is 0 Å². The first kappa shape index (κ1) is 12.1. The third-order valence-corrected chi connectivity index (χ3v) is 3.20. The van der Waals surface area contributed by atoms with Gasteiger partial charge in [-0.05, 0) is 31.5 Å². The van der Waals surface area contributed by atoms with Crippen molar-refractivity contribution in [1.29, 1.82) is 0 Å². The molecule has 0 radical (unpaired) electrons. The highest BCUT2D eigenvalue weighted by Gasteiger charge is 2.26. The zero-order valence-corrected chi connectivity index (χ0v) is 10.5. The number of rotatable bonds is 5. The molecule has 0 fully saturated rings. The molecule has 1 aliphatic carbocycles. The number of fused-ring (bicyclic) bond motifs is 1. The van der Waals surface area contributed by atoms with Crippen LogP contribution in [0, 0.1) is 0 Å². The van der Waals surface area contributed by atoms with Gasteiger partial charge in [0.2, 0.25) is 0 Å². The first-order valence-electron chi connectivity index (χ1n) is 6.12. The summed E-state index contributed by atoms with van der Waals surface area (Å²) in [6.07, 6.45) is 1.13. The van der Waals surface area contributed by atoms with Crippen molar-refractivity contribution in [2.45, 2.75) is 19.3 Å². The van der Waals surface area contributed by atoms with E-state index in [1.54, 1.807) is 0 Å². The minimum Gasteiger partial charge on any atom is -0.465 e. The Balaban J connectivity index is 1.82. The van der Waals surface area contributed by atoms with E-state index in [9.17, 15) is 4.79 Å². The second-order valence-electron chi connectivity index (χ2n) is 4.60. The largest absolute Gasteiger partial charge is 0.465 e. The quantitative estimate of drug-likeness (QED) is 0.727. The van der Waals surface area contributed by atoms with Crippen LogP contribution in [-0.2, 0) is 16.0 Å². The van der Waals surface area contributed by atoms with E-state index in [1.807, 2.05) is 18.9 Å². The monoisotopic (exact) mass is 233 g/mol. The van der Waals surface area contributed by atoms with Gasteiger partial charge in [0, 0.05) is 12.5 Å². The van der Waals surface area contributed by atoms with Crippen molar-refractivity contribution in [3.8, 4) is 0 Å². The average molecular weight is 233 g/mol. The average Bonchev–Trinajstić information content (AvgIpc) is 2.26. The molecule has 0 saturated heterocycles. The van der Waals surface area contributed by atoms with Crippen LogP contribution in [0.3, 0.4) is 0 Å². The van der Waals surface area contributed by atoms with E-state index in [0.29, 0.717) is 19.1 Å². The molecule has 2 rings (SSSR count). The van der Waals surface area contributed by atoms with Crippen LogP contribution in [0.5, 0.6) is 0 Å². The molecule has 1 aliphatic rings. The van der Waals surface area contributed by atoms with Crippen molar-refractivity contribution in [3.63, 3.8) is 0 Å². The van der Waals surface area contributed by atoms with Gasteiger partial charge in [-0.2, -0.15) is 0 Å². The third-order valence-electron chi connectivity index (χ3n) is 3.20. The maximum atomic E-state index is 11.3. The number of ether oxygens (including phenoxy) is 1. The van der Waals surface area contributed by atoms with Gasteiger partial charge >= 0.3 is 5.97 Å². The molecule has 1 atom stereocenters. The highest BCUT2D eigenvalue weighted by molar-refractivity contribution is 5.71. The second-order valence-corrected chi connectivity index (χ2v) is 4.60. The predicted molar refractivity (Wildman–Crippen MR) is 67.0 cm³/mol. The van der Waals surface area contributed by atoms with Crippen LogP contribution in [-0.4, -0.2) is 37.6 Å². The molecular formula is C14H19NO2. The highest BCUT2D eigenvalue weighted by atomic mass is 16.5. The second kappa shape index (κ2) is 5.32. The summed E-state index contributed by atoms with van der Waals surface area (Å²) < 4.78 is 4.93. The Morgan fingerprint density at radius 2 is 2.24 bits per heavy atom. The number of hydrogen-bond donors (Lipinski definition) is 0. The standard InChI is InChI=1S/C14H19NO2/c1-3-17-14(16)10-15(2)9-12-8-11-6-4-5-7-13(11)12/h4-7,12H,3,8-10H2,1-2H3. The molecule has 0 aromatic heterocycles. The van der Waals surface area contributed by atoms with Crippen molar-refractivity contribution in [1.82, 2.24) is 4.90 Å². The molecule has 0 saturated carbocycles. The Kier molecular flexibility index (Phi) is 3.79. The number of carbonyl (C=O) groups excluding carboxylic acids is 1. The number of esters is 1. The molecule has 0 heterocycles. The zero-order valence-electron chi connectivity index (χ0n) is 10.5. The lowest BCUT2D eigenvalue weighted by Gasteiger charge is -2.33. The molecule has 1 aromatic carbocycles. The molecule has 0 aliphatic heterocycles. The molecule has 0 spiro atoms. The van der Waals surface area contributed by atoms with Gasteiger partial charge in [-0.1, -0.05) is 24.3 Å². The van der Waals surface area contributed by atoms with Crippen LogP contribution in [0.2, 0.25) is 0 Å². The van der Waals surface area contributed by atoms with Crippen LogP contribution < -0.4 is 0 Å². The van der Waals surface area contributed by atoms with Gasteiger partial charge in [-0.3, -0.25) is 9.69 Å². The SMILES string of the molecule is CCOC(=O)CN(C)CC1Cc2ccccc21. The summed E-state index contributed by atoms with van der Waals surface area (Å²) in [7, 11) is 1.97. The molecular weight excluding hydrogens is 214 g/mol. The first-order chi connectivity index (χ1) is 8.20. The fourth-order valence-electron chi connectivity index (χ4n) is 2.39. The topological polar surface area (TPSA) is 29.5 Å². The summed E-state index contributed by atoms with van der Waals surface area (Å²) in [5, 5.41) is 0. The summed E-state index contributed by atoms with van der Waals surface area (Å²) in [6.45, 7) is 3.60. The number of hydrogen-bond acceptors (Lipinski definition) is 3. The van der Waals surface area contributed by atoms with Crippen molar-refractivity contribution in [2.24, 2.45) is 0 Å². The Morgan fingerprint density at radius 3 is 2.94 bits per heavy atom. The Morgan fingerprint density at radius 1 is 1.47 bits per heavy atom. The number of benzene rings is 1. The van der Waals surface area contributed by atoms with E-state index >= 15 is 0 Å². The predicted octanol–water partition coefficient (Wildman–Crippen LogP) is 1.82. The number of carbonyl (C=O) groups is 1. The molecule has 3 heteroatoms. The van der Waals surface area contributed by atoms with Gasteiger partial charge in [-0.25, -0.2) is 0 Å². The fourth-order valence-corrected chi connectivity index (χ4v) is 2.39. The Labute approximate surface area is 102 Å². The first-order valence-corrected chi connectivity index (χ1v) is 6.12. The lowest BCUT2D eigenvalue weighted by atomic mass is 9.77. The Bertz CT molecular complexity index is 403. The van der Waals surface area contributed by atoms with Crippen LogP contribution in [0.4, 0.5) is 0 Å². The van der Waals surface area contributed by atoms with Gasteiger partial charge in [0.05, 0.1) is 13.2 Å². The van der Waals surface area contributed by atoms with E-state index in [0.717, 1.165) is 13.0 Å². The third kappa shape index (κ3) is 2.86. The van der Waals surface area contributed by atoms with Gasteiger partial charge < -0.3 is 4.74 Å². The van der Waals surface area contributed by atoms with Crippen LogP contribution >= 0.6 is 0 Å². The summed E-state index contributed by atoms with van der Waals surface area (Å²) >= 11 is 0. The van der Waals surface area contributed by atoms with Crippen molar-refractivity contribution in [3.05, 3.63) is 35.4 Å². The van der Waals surface area contributed by atoms with Gasteiger partial charge in [0.25, 0.3) is 0 Å². The lowest BCUT2D eigenvalue weighted by Crippen LogP contribution is -2.34. The molecule has 3 nitrogen and oxygen atoms in total. The minimum atomic E-state index is -0.136. The number of nitrogens with zero attached hydrogens (tertiary/aromatic N) is 1. The van der Waals surface area contributed by atoms with E-state index in [1.165, 1.54) is 11.1 Å². The van der Waals surface area contributed by atoms with Crippen LogP contribution in [0.15, 0.2) is 24.3 Å². The fraction of sp³-hybridized carbons (Fsp3) is 0.500.